The van der Waals surface area contributed by atoms with Crippen LogP contribution in [0.25, 0.3) is 5.69 Å². The summed E-state index contributed by atoms with van der Waals surface area (Å²) in [5.74, 6) is -0.744. The van der Waals surface area contributed by atoms with Gasteiger partial charge in [-0.1, -0.05) is 12.8 Å². The Morgan fingerprint density at radius 2 is 1.85 bits per heavy atom. The molecule has 1 aromatic heterocycles. The molecule has 136 valence electrons. The van der Waals surface area contributed by atoms with Crippen LogP contribution < -0.4 is 0 Å². The van der Waals surface area contributed by atoms with Crippen LogP contribution in [0, 0.1) is 12.8 Å². The molecule has 1 aliphatic carbocycles. The monoisotopic (exact) mass is 353 g/mol. The number of aryl methyl sites for hydroxylation is 1. The van der Waals surface area contributed by atoms with Crippen LogP contribution in [0.1, 0.15) is 48.2 Å². The number of carbonyl (C=O) groups is 2. The molecule has 1 aliphatic heterocycles. The predicted molar refractivity (Wildman–Crippen MR) is 96.3 cm³/mol. The third-order valence-corrected chi connectivity index (χ3v) is 5.71. The Morgan fingerprint density at radius 3 is 2.50 bits per heavy atom. The highest BCUT2D eigenvalue weighted by molar-refractivity contribution is 5.97. The quantitative estimate of drug-likeness (QED) is 0.920. The van der Waals surface area contributed by atoms with Crippen molar-refractivity contribution in [2.75, 3.05) is 0 Å². The van der Waals surface area contributed by atoms with Crippen molar-refractivity contribution in [3.05, 3.63) is 47.8 Å². The summed E-state index contributed by atoms with van der Waals surface area (Å²) >= 11 is 0. The molecule has 3 unspecified atom stereocenters. The van der Waals surface area contributed by atoms with Gasteiger partial charge in [-0.25, -0.2) is 9.48 Å². The number of hydrogen-bond donors (Lipinski definition) is 1. The first-order valence-corrected chi connectivity index (χ1v) is 9.23. The molecule has 6 nitrogen and oxygen atoms in total. The normalized spacial score (nSPS) is 25.1. The molecule has 2 heterocycles. The van der Waals surface area contributed by atoms with Gasteiger partial charge in [-0.3, -0.25) is 4.79 Å². The molecule has 1 N–H and O–H groups in total. The average molecular weight is 353 g/mol. The summed E-state index contributed by atoms with van der Waals surface area (Å²) in [7, 11) is 0. The number of nitrogens with zero attached hydrogens (tertiary/aromatic N) is 3. The number of hydrogen-bond acceptors (Lipinski definition) is 3. The van der Waals surface area contributed by atoms with E-state index in [0.29, 0.717) is 17.9 Å². The zero-order valence-corrected chi connectivity index (χ0v) is 14.8. The highest BCUT2D eigenvalue weighted by Crippen LogP contribution is 2.40. The molecule has 6 heteroatoms. The average Bonchev–Trinajstić information content (AvgIpc) is 3.25. The van der Waals surface area contributed by atoms with Crippen molar-refractivity contribution in [1.82, 2.24) is 14.7 Å². The van der Waals surface area contributed by atoms with Crippen molar-refractivity contribution in [3.63, 3.8) is 0 Å². The van der Waals surface area contributed by atoms with Crippen molar-refractivity contribution in [3.8, 4) is 5.69 Å². The minimum Gasteiger partial charge on any atom is -0.480 e. The molecule has 0 radical (unpaired) electrons. The standard InChI is InChI=1S/C20H23N3O3/c1-13-10-11-22(21-13)16-8-6-14(7-9-16)19(24)23-17-5-3-2-4-15(17)12-18(23)20(25)26/h6-11,15,17-18H,2-5,12H2,1H3,(H,25,26). The van der Waals surface area contributed by atoms with Crippen molar-refractivity contribution in [1.29, 1.82) is 0 Å². The number of fused-ring (bicyclic) bond motifs is 1. The van der Waals surface area contributed by atoms with Gasteiger partial charge in [-0.2, -0.15) is 5.10 Å². The second-order valence-corrected chi connectivity index (χ2v) is 7.36. The summed E-state index contributed by atoms with van der Waals surface area (Å²) in [4.78, 5) is 26.5. The first-order chi connectivity index (χ1) is 12.5. The molecule has 26 heavy (non-hydrogen) atoms. The van der Waals surface area contributed by atoms with Crippen molar-refractivity contribution in [2.24, 2.45) is 5.92 Å². The van der Waals surface area contributed by atoms with Crippen LogP contribution in [0.3, 0.4) is 0 Å². The van der Waals surface area contributed by atoms with E-state index < -0.39 is 12.0 Å². The van der Waals surface area contributed by atoms with E-state index in [0.717, 1.165) is 37.1 Å². The molecule has 2 fully saturated rings. The number of rotatable bonds is 3. The van der Waals surface area contributed by atoms with Gasteiger partial charge < -0.3 is 10.0 Å². The summed E-state index contributed by atoms with van der Waals surface area (Å²) in [6.07, 6.45) is 6.58. The largest absolute Gasteiger partial charge is 0.480 e. The second-order valence-electron chi connectivity index (χ2n) is 7.36. The molecule has 2 aliphatic rings. The lowest BCUT2D eigenvalue weighted by atomic mass is 9.84. The van der Waals surface area contributed by atoms with Gasteiger partial charge in [0, 0.05) is 17.8 Å². The van der Waals surface area contributed by atoms with E-state index in [2.05, 4.69) is 5.10 Å². The number of aliphatic carboxylic acids is 1. The van der Waals surface area contributed by atoms with Gasteiger partial charge in [-0.15, -0.1) is 0 Å². The van der Waals surface area contributed by atoms with E-state index in [-0.39, 0.29) is 11.9 Å². The first-order valence-electron chi connectivity index (χ1n) is 9.23. The third kappa shape index (κ3) is 2.89. The number of aromatic nitrogens is 2. The molecule has 3 atom stereocenters. The van der Waals surface area contributed by atoms with Crippen molar-refractivity contribution >= 4 is 11.9 Å². The lowest BCUT2D eigenvalue weighted by molar-refractivity contribution is -0.141. The van der Waals surface area contributed by atoms with E-state index in [1.807, 2.05) is 31.3 Å². The minimum atomic E-state index is -0.892. The van der Waals surface area contributed by atoms with Crippen LogP contribution in [0.5, 0.6) is 0 Å². The Balaban J connectivity index is 1.60. The summed E-state index contributed by atoms with van der Waals surface area (Å²) < 4.78 is 1.76. The maximum atomic E-state index is 13.1. The van der Waals surface area contributed by atoms with Gasteiger partial charge in [0.1, 0.15) is 6.04 Å². The highest BCUT2D eigenvalue weighted by Gasteiger charge is 2.47. The molecular weight excluding hydrogens is 330 g/mol. The molecule has 1 saturated carbocycles. The fraction of sp³-hybridized carbons (Fsp3) is 0.450. The fourth-order valence-corrected chi connectivity index (χ4v) is 4.44. The van der Waals surface area contributed by atoms with Crippen LogP contribution >= 0.6 is 0 Å². The Kier molecular flexibility index (Phi) is 4.26. The lowest BCUT2D eigenvalue weighted by Crippen LogP contribution is -2.46. The number of likely N-dealkylation sites (tertiary alicyclic amines) is 1. The Bertz CT molecular complexity index is 827. The van der Waals surface area contributed by atoms with Crippen LogP contribution in [0.15, 0.2) is 36.5 Å². The van der Waals surface area contributed by atoms with Gasteiger partial charge in [0.2, 0.25) is 0 Å². The number of amides is 1. The lowest BCUT2D eigenvalue weighted by Gasteiger charge is -2.33. The van der Waals surface area contributed by atoms with Crippen molar-refractivity contribution in [2.45, 2.75) is 51.1 Å². The topological polar surface area (TPSA) is 75.4 Å². The molecule has 0 bridgehead atoms. The molecule has 0 spiro atoms. The molecule has 4 rings (SSSR count). The van der Waals surface area contributed by atoms with Gasteiger partial charge in [0.05, 0.1) is 11.4 Å². The zero-order chi connectivity index (χ0) is 18.3. The second kappa shape index (κ2) is 6.59. The molecule has 1 saturated heterocycles. The first kappa shape index (κ1) is 16.8. The van der Waals surface area contributed by atoms with E-state index in [1.165, 1.54) is 0 Å². The molecule has 2 aromatic rings. The van der Waals surface area contributed by atoms with E-state index in [1.54, 1.807) is 21.7 Å². The summed E-state index contributed by atoms with van der Waals surface area (Å²) in [5, 5.41) is 14.0. The number of benzene rings is 1. The van der Waals surface area contributed by atoms with Crippen LogP contribution in [0.2, 0.25) is 0 Å². The molecular formula is C20H23N3O3. The van der Waals surface area contributed by atoms with E-state index in [4.69, 9.17) is 0 Å². The Labute approximate surface area is 152 Å². The minimum absolute atomic E-state index is 0.0609. The number of carboxylic acid groups (broad SMARTS) is 1. The molecule has 1 amide bonds. The van der Waals surface area contributed by atoms with Crippen LogP contribution in [0.4, 0.5) is 0 Å². The van der Waals surface area contributed by atoms with E-state index in [9.17, 15) is 14.7 Å². The predicted octanol–water partition coefficient (Wildman–Crippen LogP) is 3.04. The van der Waals surface area contributed by atoms with Crippen molar-refractivity contribution < 1.29 is 14.7 Å². The Hall–Kier alpha value is -2.63. The molecule has 1 aromatic carbocycles. The van der Waals surface area contributed by atoms with Gasteiger partial charge in [-0.05, 0) is 62.4 Å². The maximum absolute atomic E-state index is 13.1. The summed E-state index contributed by atoms with van der Waals surface area (Å²) in [6.45, 7) is 1.93. The summed E-state index contributed by atoms with van der Waals surface area (Å²) in [5.41, 5.74) is 2.34. The smallest absolute Gasteiger partial charge is 0.326 e. The number of carbonyl (C=O) groups excluding carboxylic acids is 1. The highest BCUT2D eigenvalue weighted by atomic mass is 16.4. The number of carboxylic acids is 1. The SMILES string of the molecule is Cc1ccn(-c2ccc(C(=O)N3C(C(=O)O)CC4CCCCC43)cc2)n1. The Morgan fingerprint density at radius 1 is 1.12 bits per heavy atom. The van der Waals surface area contributed by atoms with Gasteiger partial charge in [0.25, 0.3) is 5.91 Å². The summed E-state index contributed by atoms with van der Waals surface area (Å²) in [6, 6.07) is 8.51. The maximum Gasteiger partial charge on any atom is 0.326 e. The van der Waals surface area contributed by atoms with E-state index >= 15 is 0 Å². The fourth-order valence-electron chi connectivity index (χ4n) is 4.44. The van der Waals surface area contributed by atoms with Crippen LogP contribution in [-0.4, -0.2) is 43.7 Å². The third-order valence-electron chi connectivity index (χ3n) is 5.71. The van der Waals surface area contributed by atoms with Gasteiger partial charge in [0.15, 0.2) is 0 Å². The van der Waals surface area contributed by atoms with Gasteiger partial charge >= 0.3 is 5.97 Å². The zero-order valence-electron chi connectivity index (χ0n) is 14.8. The van der Waals surface area contributed by atoms with Crippen LogP contribution in [-0.2, 0) is 4.79 Å².